The number of sulfonamides is 1. The number of carboxylic acids is 1. The summed E-state index contributed by atoms with van der Waals surface area (Å²) in [6.45, 7) is 0. The maximum absolute atomic E-state index is 12.6. The molecular formula is C13H11N3O6S. The molecule has 0 bridgehead atoms. The van der Waals surface area contributed by atoms with Gasteiger partial charge in [0.2, 0.25) is 0 Å². The predicted molar refractivity (Wildman–Crippen MR) is 79.9 cm³/mol. The van der Waals surface area contributed by atoms with E-state index < -0.39 is 31.5 Å². The summed E-state index contributed by atoms with van der Waals surface area (Å²) >= 11 is 0. The van der Waals surface area contributed by atoms with Gasteiger partial charge < -0.3 is 5.11 Å². The van der Waals surface area contributed by atoms with E-state index in [4.69, 9.17) is 5.11 Å². The number of hydrogen-bond donors (Lipinski definition) is 1. The highest BCUT2D eigenvalue weighted by Crippen LogP contribution is 2.29. The number of aromatic carboxylic acids is 1. The van der Waals surface area contributed by atoms with Gasteiger partial charge >= 0.3 is 5.97 Å². The third kappa shape index (κ3) is 2.97. The van der Waals surface area contributed by atoms with E-state index in [1.807, 2.05) is 0 Å². The number of rotatable bonds is 5. The number of carbonyl (C=O) groups is 1. The van der Waals surface area contributed by atoms with Crippen molar-refractivity contribution in [3.63, 3.8) is 0 Å². The molecular weight excluding hydrogens is 326 g/mol. The maximum Gasteiger partial charge on any atom is 0.339 e. The third-order valence-corrected chi connectivity index (χ3v) is 4.81. The van der Waals surface area contributed by atoms with E-state index in [1.54, 1.807) is 0 Å². The molecule has 1 aromatic carbocycles. The fraction of sp³-hybridized carbons (Fsp3) is 0.0769. The van der Waals surface area contributed by atoms with Crippen molar-refractivity contribution < 1.29 is 23.2 Å². The van der Waals surface area contributed by atoms with Crippen LogP contribution in [0, 0.1) is 10.1 Å². The van der Waals surface area contributed by atoms with Crippen molar-refractivity contribution in [2.75, 3.05) is 11.4 Å². The van der Waals surface area contributed by atoms with Crippen LogP contribution >= 0.6 is 0 Å². The second-order valence-electron chi connectivity index (χ2n) is 4.38. The monoisotopic (exact) mass is 337 g/mol. The van der Waals surface area contributed by atoms with Crippen molar-refractivity contribution in [3.05, 3.63) is 58.3 Å². The number of carboxylic acid groups (broad SMARTS) is 1. The SMILES string of the molecule is CN(c1ncccc1C(=O)O)S(=O)(=O)c1ccccc1[N+](=O)[O-]. The number of nitrogens with zero attached hydrogens (tertiary/aromatic N) is 3. The molecule has 0 unspecified atom stereocenters. The average molecular weight is 337 g/mol. The Kier molecular flexibility index (Phi) is 4.27. The molecule has 0 aliphatic rings. The van der Waals surface area contributed by atoms with E-state index in [9.17, 15) is 23.3 Å². The number of anilines is 1. The van der Waals surface area contributed by atoms with Gasteiger partial charge in [0.25, 0.3) is 15.7 Å². The number of benzene rings is 1. The largest absolute Gasteiger partial charge is 0.478 e. The van der Waals surface area contributed by atoms with Gasteiger partial charge in [-0.15, -0.1) is 0 Å². The quantitative estimate of drug-likeness (QED) is 0.646. The molecule has 1 heterocycles. The van der Waals surface area contributed by atoms with E-state index in [1.165, 1.54) is 30.5 Å². The first-order valence-corrected chi connectivity index (χ1v) is 7.61. The lowest BCUT2D eigenvalue weighted by Crippen LogP contribution is -2.29. The summed E-state index contributed by atoms with van der Waals surface area (Å²) in [7, 11) is -3.27. The first-order chi connectivity index (χ1) is 10.8. The highest BCUT2D eigenvalue weighted by molar-refractivity contribution is 7.93. The van der Waals surface area contributed by atoms with Crippen LogP contribution in [0.25, 0.3) is 0 Å². The van der Waals surface area contributed by atoms with Crippen molar-refractivity contribution >= 4 is 27.5 Å². The fourth-order valence-corrected chi connectivity index (χ4v) is 3.23. The molecule has 2 aromatic rings. The number of pyridine rings is 1. The topological polar surface area (TPSA) is 131 Å². The van der Waals surface area contributed by atoms with E-state index in [-0.39, 0.29) is 11.4 Å². The number of aromatic nitrogens is 1. The Morgan fingerprint density at radius 1 is 1.26 bits per heavy atom. The van der Waals surface area contributed by atoms with Crippen LogP contribution < -0.4 is 4.31 Å². The second-order valence-corrected chi connectivity index (χ2v) is 6.31. The molecule has 0 spiro atoms. The zero-order chi connectivity index (χ0) is 17.2. The number of nitro benzene ring substituents is 1. The van der Waals surface area contributed by atoms with E-state index in [2.05, 4.69) is 4.98 Å². The summed E-state index contributed by atoms with van der Waals surface area (Å²) < 4.78 is 25.9. The number of nitro groups is 1. The lowest BCUT2D eigenvalue weighted by Gasteiger charge is -2.19. The van der Waals surface area contributed by atoms with Crippen LogP contribution in [0.3, 0.4) is 0 Å². The molecule has 0 fully saturated rings. The molecule has 0 radical (unpaired) electrons. The first-order valence-electron chi connectivity index (χ1n) is 6.17. The van der Waals surface area contributed by atoms with Crippen molar-refractivity contribution in [3.8, 4) is 0 Å². The van der Waals surface area contributed by atoms with Gasteiger partial charge in [0.1, 0.15) is 5.56 Å². The van der Waals surface area contributed by atoms with Gasteiger partial charge in [0.05, 0.1) is 4.92 Å². The van der Waals surface area contributed by atoms with Crippen LogP contribution in [0.15, 0.2) is 47.5 Å². The Labute approximate surface area is 131 Å². The Bertz CT molecular complexity index is 881. The maximum atomic E-state index is 12.6. The Morgan fingerprint density at radius 3 is 2.52 bits per heavy atom. The van der Waals surface area contributed by atoms with E-state index in [0.29, 0.717) is 4.31 Å². The van der Waals surface area contributed by atoms with E-state index >= 15 is 0 Å². The van der Waals surface area contributed by atoms with E-state index in [0.717, 1.165) is 19.2 Å². The molecule has 9 nitrogen and oxygen atoms in total. The van der Waals surface area contributed by atoms with Crippen LogP contribution in [0.4, 0.5) is 11.5 Å². The smallest absolute Gasteiger partial charge is 0.339 e. The highest BCUT2D eigenvalue weighted by atomic mass is 32.2. The molecule has 0 aliphatic heterocycles. The molecule has 1 aromatic heterocycles. The Morgan fingerprint density at radius 2 is 1.91 bits per heavy atom. The summed E-state index contributed by atoms with van der Waals surface area (Å²) in [6.07, 6.45) is 1.23. The summed E-state index contributed by atoms with van der Waals surface area (Å²) in [5, 5.41) is 20.1. The van der Waals surface area contributed by atoms with Gasteiger partial charge in [0, 0.05) is 19.3 Å². The normalized spacial score (nSPS) is 11.0. The molecule has 0 amide bonds. The minimum atomic E-state index is -4.36. The third-order valence-electron chi connectivity index (χ3n) is 3.02. The van der Waals surface area contributed by atoms with Crippen LogP contribution in [0.1, 0.15) is 10.4 Å². The molecule has 0 saturated carbocycles. The van der Waals surface area contributed by atoms with Gasteiger partial charge in [-0.3, -0.25) is 14.4 Å². The summed E-state index contributed by atoms with van der Waals surface area (Å²) in [5.74, 6) is -1.70. The Hall–Kier alpha value is -3.01. The second kappa shape index (κ2) is 6.01. The summed E-state index contributed by atoms with van der Waals surface area (Å²) in [4.78, 5) is 24.6. The van der Waals surface area contributed by atoms with Crippen molar-refractivity contribution in [2.24, 2.45) is 0 Å². The van der Waals surface area contributed by atoms with Crippen LogP contribution in [-0.2, 0) is 10.0 Å². The minimum absolute atomic E-state index is 0.335. The molecule has 2 rings (SSSR count). The van der Waals surface area contributed by atoms with Gasteiger partial charge in [-0.2, -0.15) is 0 Å². The van der Waals surface area contributed by atoms with Gasteiger partial charge in [-0.1, -0.05) is 12.1 Å². The van der Waals surface area contributed by atoms with Gasteiger partial charge in [-0.25, -0.2) is 18.2 Å². The van der Waals surface area contributed by atoms with Crippen molar-refractivity contribution in [1.29, 1.82) is 0 Å². The van der Waals surface area contributed by atoms with Crippen molar-refractivity contribution in [2.45, 2.75) is 4.90 Å². The van der Waals surface area contributed by atoms with Crippen LogP contribution in [0.5, 0.6) is 0 Å². The van der Waals surface area contributed by atoms with Crippen LogP contribution in [-0.4, -0.2) is 36.4 Å². The zero-order valence-corrected chi connectivity index (χ0v) is 12.6. The zero-order valence-electron chi connectivity index (χ0n) is 11.8. The molecule has 23 heavy (non-hydrogen) atoms. The molecule has 120 valence electrons. The first kappa shape index (κ1) is 16.4. The molecule has 1 N–H and O–H groups in total. The Balaban J connectivity index is 2.62. The molecule has 10 heteroatoms. The number of hydrogen-bond acceptors (Lipinski definition) is 6. The summed E-state index contributed by atoms with van der Waals surface area (Å²) in [5.41, 5.74) is -0.940. The highest BCUT2D eigenvalue weighted by Gasteiger charge is 2.31. The van der Waals surface area contributed by atoms with Crippen LogP contribution in [0.2, 0.25) is 0 Å². The lowest BCUT2D eigenvalue weighted by atomic mass is 10.2. The van der Waals surface area contributed by atoms with Gasteiger partial charge in [0.15, 0.2) is 10.7 Å². The van der Waals surface area contributed by atoms with Crippen molar-refractivity contribution in [1.82, 2.24) is 4.98 Å². The van der Waals surface area contributed by atoms with Gasteiger partial charge in [-0.05, 0) is 18.2 Å². The molecule has 0 atom stereocenters. The molecule has 0 saturated heterocycles. The standard InChI is InChI=1S/C13H11N3O6S/c1-15(12-9(13(17)18)5-4-8-14-12)23(21,22)11-7-3-2-6-10(11)16(19)20/h2-8H,1H3,(H,17,18). The average Bonchev–Trinajstić information content (AvgIpc) is 2.54. The summed E-state index contributed by atoms with van der Waals surface area (Å²) in [6, 6.07) is 7.34. The number of para-hydroxylation sites is 1. The lowest BCUT2D eigenvalue weighted by molar-refractivity contribution is -0.387. The minimum Gasteiger partial charge on any atom is -0.478 e. The molecule has 0 aliphatic carbocycles. The fourth-order valence-electron chi connectivity index (χ4n) is 1.90. The predicted octanol–water partition coefficient (Wildman–Crippen LogP) is 1.51.